The van der Waals surface area contributed by atoms with Crippen molar-refractivity contribution < 1.29 is 9.59 Å². The lowest BCUT2D eigenvalue weighted by atomic mass is 10.1. The van der Waals surface area contributed by atoms with Crippen LogP contribution in [0.4, 0.5) is 0 Å². The van der Waals surface area contributed by atoms with Gasteiger partial charge in [0.05, 0.1) is 5.56 Å². The molecule has 2 aromatic rings. The Morgan fingerprint density at radius 3 is 2.74 bits per heavy atom. The van der Waals surface area contributed by atoms with Crippen molar-refractivity contribution in [3.63, 3.8) is 0 Å². The molecule has 1 heterocycles. The standard InChI is InChI=1S/C15H18N2O2/c1-3-4-9-17(2)15(19)14(18)12-10-16-13-8-6-5-7-11(12)13/h5-8,10,16H,3-4,9H2,1-2H3. The fourth-order valence-electron chi connectivity index (χ4n) is 2.04. The van der Waals surface area contributed by atoms with Gasteiger partial charge in [-0.1, -0.05) is 31.5 Å². The third-order valence-corrected chi connectivity index (χ3v) is 3.22. The number of para-hydroxylation sites is 1. The summed E-state index contributed by atoms with van der Waals surface area (Å²) in [6.45, 7) is 2.67. The van der Waals surface area contributed by atoms with Crippen molar-refractivity contribution in [3.05, 3.63) is 36.0 Å². The van der Waals surface area contributed by atoms with Gasteiger partial charge >= 0.3 is 0 Å². The van der Waals surface area contributed by atoms with Gasteiger partial charge in [-0.05, 0) is 12.5 Å². The van der Waals surface area contributed by atoms with Gasteiger partial charge < -0.3 is 9.88 Å². The van der Waals surface area contributed by atoms with E-state index in [1.54, 1.807) is 13.2 Å². The number of ketones is 1. The molecule has 0 radical (unpaired) electrons. The van der Waals surface area contributed by atoms with E-state index in [2.05, 4.69) is 11.9 Å². The number of hydrogen-bond acceptors (Lipinski definition) is 2. The van der Waals surface area contributed by atoms with Crippen LogP contribution in [0.25, 0.3) is 10.9 Å². The van der Waals surface area contributed by atoms with Gasteiger partial charge in [0.25, 0.3) is 11.7 Å². The Labute approximate surface area is 112 Å². The van der Waals surface area contributed by atoms with Crippen molar-refractivity contribution in [2.45, 2.75) is 19.8 Å². The van der Waals surface area contributed by atoms with Gasteiger partial charge in [0.1, 0.15) is 0 Å². The van der Waals surface area contributed by atoms with Crippen LogP contribution in [-0.2, 0) is 4.79 Å². The van der Waals surface area contributed by atoms with Crippen LogP contribution in [-0.4, -0.2) is 35.2 Å². The van der Waals surface area contributed by atoms with Crippen LogP contribution >= 0.6 is 0 Å². The third-order valence-electron chi connectivity index (χ3n) is 3.22. The Morgan fingerprint density at radius 2 is 2.00 bits per heavy atom. The summed E-state index contributed by atoms with van der Waals surface area (Å²) in [7, 11) is 1.67. The summed E-state index contributed by atoms with van der Waals surface area (Å²) >= 11 is 0. The molecule has 0 saturated heterocycles. The molecule has 0 aliphatic rings. The van der Waals surface area contributed by atoms with Crippen molar-refractivity contribution in [1.82, 2.24) is 9.88 Å². The van der Waals surface area contributed by atoms with Crippen LogP contribution in [0.15, 0.2) is 30.5 Å². The second-order valence-electron chi connectivity index (χ2n) is 4.66. The molecule has 4 heteroatoms. The average molecular weight is 258 g/mol. The maximum absolute atomic E-state index is 12.2. The van der Waals surface area contributed by atoms with E-state index in [9.17, 15) is 9.59 Å². The summed E-state index contributed by atoms with van der Waals surface area (Å²) in [4.78, 5) is 28.8. The number of carbonyl (C=O) groups is 2. The smallest absolute Gasteiger partial charge is 0.294 e. The molecule has 1 amide bonds. The molecule has 0 saturated carbocycles. The maximum atomic E-state index is 12.2. The number of carbonyl (C=O) groups excluding carboxylic acids is 2. The number of amides is 1. The predicted octanol–water partition coefficient (Wildman–Crippen LogP) is 2.61. The largest absolute Gasteiger partial charge is 0.360 e. The minimum absolute atomic E-state index is 0.446. The van der Waals surface area contributed by atoms with Crippen molar-refractivity contribution in [2.24, 2.45) is 0 Å². The first-order chi connectivity index (χ1) is 9.15. The Morgan fingerprint density at radius 1 is 1.26 bits per heavy atom. The zero-order chi connectivity index (χ0) is 13.8. The topological polar surface area (TPSA) is 53.2 Å². The van der Waals surface area contributed by atoms with Gasteiger partial charge in [0.2, 0.25) is 0 Å². The highest BCUT2D eigenvalue weighted by Crippen LogP contribution is 2.18. The first kappa shape index (κ1) is 13.3. The minimum atomic E-state index is -0.448. The summed E-state index contributed by atoms with van der Waals surface area (Å²) in [6.07, 6.45) is 3.51. The van der Waals surface area contributed by atoms with Gasteiger partial charge in [-0.15, -0.1) is 0 Å². The SMILES string of the molecule is CCCCN(C)C(=O)C(=O)c1c[nH]c2ccccc12. The van der Waals surface area contributed by atoms with Crippen molar-refractivity contribution in [2.75, 3.05) is 13.6 Å². The maximum Gasteiger partial charge on any atom is 0.294 e. The van der Waals surface area contributed by atoms with Crippen LogP contribution in [0.1, 0.15) is 30.1 Å². The number of aromatic nitrogens is 1. The summed E-state index contributed by atoms with van der Waals surface area (Å²) in [6, 6.07) is 7.48. The number of nitrogens with zero attached hydrogens (tertiary/aromatic N) is 1. The first-order valence-electron chi connectivity index (χ1n) is 6.51. The fourth-order valence-corrected chi connectivity index (χ4v) is 2.04. The van der Waals surface area contributed by atoms with Crippen molar-refractivity contribution in [3.8, 4) is 0 Å². The Balaban J connectivity index is 2.22. The summed E-state index contributed by atoms with van der Waals surface area (Å²) < 4.78 is 0. The van der Waals surface area contributed by atoms with E-state index < -0.39 is 11.7 Å². The molecule has 0 fully saturated rings. The van der Waals surface area contributed by atoms with Crippen LogP contribution in [0, 0.1) is 0 Å². The van der Waals surface area contributed by atoms with E-state index in [1.807, 2.05) is 24.3 Å². The van der Waals surface area contributed by atoms with Gasteiger partial charge in [-0.3, -0.25) is 9.59 Å². The lowest BCUT2D eigenvalue weighted by Gasteiger charge is -2.15. The Hall–Kier alpha value is -2.10. The normalized spacial score (nSPS) is 10.6. The molecular weight excluding hydrogens is 240 g/mol. The van der Waals surface area contributed by atoms with Crippen LogP contribution in [0.3, 0.4) is 0 Å². The highest BCUT2D eigenvalue weighted by Gasteiger charge is 2.22. The number of fused-ring (bicyclic) bond motifs is 1. The molecule has 1 N–H and O–H groups in total. The van der Waals surface area contributed by atoms with E-state index in [1.165, 1.54) is 4.90 Å². The van der Waals surface area contributed by atoms with Gasteiger partial charge in [0, 0.05) is 30.7 Å². The number of H-pyrrole nitrogens is 1. The quantitative estimate of drug-likeness (QED) is 0.662. The number of nitrogens with one attached hydrogen (secondary N) is 1. The van der Waals surface area contributed by atoms with E-state index in [0.29, 0.717) is 12.1 Å². The van der Waals surface area contributed by atoms with Crippen LogP contribution in [0.5, 0.6) is 0 Å². The van der Waals surface area contributed by atoms with E-state index in [-0.39, 0.29) is 0 Å². The second-order valence-corrected chi connectivity index (χ2v) is 4.66. The molecule has 0 spiro atoms. The molecule has 2 rings (SSSR count). The number of hydrogen-bond donors (Lipinski definition) is 1. The number of Topliss-reactive ketones (excluding diaryl/α,β-unsaturated/α-hetero) is 1. The summed E-state index contributed by atoms with van der Waals surface area (Å²) in [5.74, 6) is -0.894. The lowest BCUT2D eigenvalue weighted by molar-refractivity contribution is -0.125. The number of benzene rings is 1. The van der Waals surface area contributed by atoms with Gasteiger partial charge in [-0.25, -0.2) is 0 Å². The first-order valence-corrected chi connectivity index (χ1v) is 6.51. The molecule has 0 unspecified atom stereocenters. The Bertz CT molecular complexity index is 601. The molecule has 1 aromatic heterocycles. The highest BCUT2D eigenvalue weighted by atomic mass is 16.2. The van der Waals surface area contributed by atoms with Crippen molar-refractivity contribution in [1.29, 1.82) is 0 Å². The van der Waals surface area contributed by atoms with Gasteiger partial charge in [-0.2, -0.15) is 0 Å². The second kappa shape index (κ2) is 5.69. The summed E-state index contributed by atoms with van der Waals surface area (Å²) in [5, 5.41) is 0.796. The molecular formula is C15H18N2O2. The van der Waals surface area contributed by atoms with Crippen LogP contribution < -0.4 is 0 Å². The zero-order valence-corrected chi connectivity index (χ0v) is 11.3. The highest BCUT2D eigenvalue weighted by molar-refractivity contribution is 6.44. The number of likely N-dealkylation sites (N-methyl/N-ethyl adjacent to an activating group) is 1. The Kier molecular flexibility index (Phi) is 4.00. The molecule has 19 heavy (non-hydrogen) atoms. The van der Waals surface area contributed by atoms with E-state index in [4.69, 9.17) is 0 Å². The van der Waals surface area contributed by atoms with Gasteiger partial charge in [0.15, 0.2) is 0 Å². The molecule has 0 atom stereocenters. The molecule has 4 nitrogen and oxygen atoms in total. The molecule has 0 aliphatic heterocycles. The lowest BCUT2D eigenvalue weighted by Crippen LogP contribution is -2.33. The predicted molar refractivity (Wildman–Crippen MR) is 75.2 cm³/mol. The number of rotatable bonds is 5. The average Bonchev–Trinajstić information content (AvgIpc) is 2.87. The number of unbranched alkanes of at least 4 members (excludes halogenated alkanes) is 1. The van der Waals surface area contributed by atoms with Crippen molar-refractivity contribution >= 4 is 22.6 Å². The fraction of sp³-hybridized carbons (Fsp3) is 0.333. The van der Waals surface area contributed by atoms with Crippen LogP contribution in [0.2, 0.25) is 0 Å². The minimum Gasteiger partial charge on any atom is -0.360 e. The molecule has 1 aromatic carbocycles. The van der Waals surface area contributed by atoms with E-state index in [0.717, 1.165) is 23.7 Å². The molecule has 100 valence electrons. The zero-order valence-electron chi connectivity index (χ0n) is 11.3. The monoisotopic (exact) mass is 258 g/mol. The summed E-state index contributed by atoms with van der Waals surface area (Å²) in [5.41, 5.74) is 1.32. The molecule has 0 bridgehead atoms. The van der Waals surface area contributed by atoms with E-state index >= 15 is 0 Å². The third kappa shape index (κ3) is 2.67. The number of aromatic amines is 1. The molecule has 0 aliphatic carbocycles.